The number of nitrogens with one attached hydrogen (secondary N) is 1. The van der Waals surface area contributed by atoms with Crippen molar-refractivity contribution in [2.45, 2.75) is 83.3 Å². The lowest BCUT2D eigenvalue weighted by Gasteiger charge is -2.49. The highest BCUT2D eigenvalue weighted by Crippen LogP contribution is 2.43. The Balaban J connectivity index is 1.81. The summed E-state index contributed by atoms with van der Waals surface area (Å²) in [4.78, 5) is 0. The fraction of sp³-hybridized carbons (Fsp3) is 0.538. The van der Waals surface area contributed by atoms with Crippen LogP contribution in [-0.2, 0) is 11.8 Å². The van der Waals surface area contributed by atoms with Crippen LogP contribution in [0.2, 0.25) is 5.02 Å². The lowest BCUT2D eigenvalue weighted by atomic mass is 9.64. The Bertz CT molecular complexity index is 821. The molecule has 2 aromatic rings. The topological polar surface area (TPSA) is 32.3 Å². The van der Waals surface area contributed by atoms with E-state index in [1.165, 1.54) is 11.1 Å². The van der Waals surface area contributed by atoms with Gasteiger partial charge in [-0.15, -0.1) is 0 Å². The number of anilines is 1. The Morgan fingerprint density at radius 3 is 2.34 bits per heavy atom. The molecule has 2 N–H and O–H groups in total. The standard InChI is InChI=1S/C26H36ClNO/c1-24(2,3)20-14-12-19(13-15-20)18-26(29)16-7-6-11-23(26)25(4,5)28-22-10-8-9-21(27)17-22/h8-10,12-15,17,23,28-29H,6-7,11,16,18H2,1-5H3. The molecular formula is C26H36ClNO. The summed E-state index contributed by atoms with van der Waals surface area (Å²) < 4.78 is 0. The zero-order valence-corrected chi connectivity index (χ0v) is 19.3. The molecule has 2 unspecified atom stereocenters. The van der Waals surface area contributed by atoms with Gasteiger partial charge in [-0.05, 0) is 61.4 Å². The van der Waals surface area contributed by atoms with E-state index in [1.54, 1.807) is 0 Å². The Morgan fingerprint density at radius 2 is 1.72 bits per heavy atom. The maximum atomic E-state index is 11.8. The van der Waals surface area contributed by atoms with E-state index in [4.69, 9.17) is 11.6 Å². The van der Waals surface area contributed by atoms with Gasteiger partial charge in [-0.25, -0.2) is 0 Å². The minimum Gasteiger partial charge on any atom is -0.389 e. The van der Waals surface area contributed by atoms with Crippen LogP contribution in [0, 0.1) is 5.92 Å². The van der Waals surface area contributed by atoms with Crippen LogP contribution in [0.25, 0.3) is 0 Å². The molecule has 0 amide bonds. The van der Waals surface area contributed by atoms with Crippen molar-refractivity contribution in [1.82, 2.24) is 0 Å². The highest BCUT2D eigenvalue weighted by Gasteiger charge is 2.46. The third-order valence-corrected chi connectivity index (χ3v) is 6.73. The molecule has 0 aliphatic heterocycles. The van der Waals surface area contributed by atoms with E-state index in [0.717, 1.165) is 36.4 Å². The molecule has 0 spiro atoms. The van der Waals surface area contributed by atoms with E-state index in [1.807, 2.05) is 24.3 Å². The first-order valence-electron chi connectivity index (χ1n) is 10.9. The molecule has 1 saturated carbocycles. The van der Waals surface area contributed by atoms with Crippen LogP contribution in [0.4, 0.5) is 5.69 Å². The number of halogens is 1. The second kappa shape index (κ2) is 8.32. The quantitative estimate of drug-likeness (QED) is 0.553. The summed E-state index contributed by atoms with van der Waals surface area (Å²) in [5.41, 5.74) is 2.74. The van der Waals surface area contributed by atoms with Crippen LogP contribution < -0.4 is 5.32 Å². The number of rotatable bonds is 5. The van der Waals surface area contributed by atoms with Gasteiger partial charge in [-0.1, -0.05) is 75.5 Å². The molecular weight excluding hydrogens is 378 g/mol. The van der Waals surface area contributed by atoms with Crippen molar-refractivity contribution in [3.63, 3.8) is 0 Å². The molecule has 1 fully saturated rings. The van der Waals surface area contributed by atoms with Gasteiger partial charge in [-0.2, -0.15) is 0 Å². The van der Waals surface area contributed by atoms with E-state index in [9.17, 15) is 5.11 Å². The van der Waals surface area contributed by atoms with Gasteiger partial charge in [0.25, 0.3) is 0 Å². The van der Waals surface area contributed by atoms with E-state index >= 15 is 0 Å². The van der Waals surface area contributed by atoms with E-state index in [0.29, 0.717) is 6.42 Å². The zero-order valence-electron chi connectivity index (χ0n) is 18.6. The van der Waals surface area contributed by atoms with Crippen LogP contribution in [0.5, 0.6) is 0 Å². The molecule has 2 atom stereocenters. The largest absolute Gasteiger partial charge is 0.389 e. The third kappa shape index (κ3) is 5.35. The van der Waals surface area contributed by atoms with Crippen molar-refractivity contribution in [2.75, 3.05) is 5.32 Å². The summed E-state index contributed by atoms with van der Waals surface area (Å²) in [7, 11) is 0. The molecule has 29 heavy (non-hydrogen) atoms. The molecule has 0 saturated heterocycles. The van der Waals surface area contributed by atoms with E-state index in [2.05, 4.69) is 64.2 Å². The lowest BCUT2D eigenvalue weighted by molar-refractivity contribution is -0.0680. The Morgan fingerprint density at radius 1 is 1.03 bits per heavy atom. The Kier molecular flexibility index (Phi) is 6.36. The van der Waals surface area contributed by atoms with Crippen LogP contribution >= 0.6 is 11.6 Å². The van der Waals surface area contributed by atoms with Crippen molar-refractivity contribution in [2.24, 2.45) is 5.92 Å². The van der Waals surface area contributed by atoms with Crippen molar-refractivity contribution in [3.05, 3.63) is 64.7 Å². The first kappa shape index (κ1) is 22.2. The van der Waals surface area contributed by atoms with Crippen LogP contribution in [0.1, 0.15) is 71.4 Å². The van der Waals surface area contributed by atoms with Crippen molar-refractivity contribution < 1.29 is 5.11 Å². The highest BCUT2D eigenvalue weighted by atomic mass is 35.5. The molecule has 0 heterocycles. The van der Waals surface area contributed by atoms with Gasteiger partial charge in [0.1, 0.15) is 0 Å². The SMILES string of the molecule is CC(C)(C)c1ccc(CC2(O)CCCCC2C(C)(C)Nc2cccc(Cl)c2)cc1. The molecule has 0 aromatic heterocycles. The van der Waals surface area contributed by atoms with Gasteiger partial charge in [0, 0.05) is 28.6 Å². The Labute approximate surface area is 181 Å². The first-order chi connectivity index (χ1) is 13.5. The number of hydrogen-bond acceptors (Lipinski definition) is 2. The minimum atomic E-state index is -0.712. The maximum absolute atomic E-state index is 11.8. The zero-order chi connectivity index (χ0) is 21.3. The summed E-state index contributed by atoms with van der Waals surface area (Å²) in [6.45, 7) is 11.1. The van der Waals surface area contributed by atoms with Gasteiger partial charge >= 0.3 is 0 Å². The number of aliphatic hydroxyl groups is 1. The molecule has 1 aliphatic rings. The predicted octanol–water partition coefficient (Wildman–Crippen LogP) is 6.99. The second-order valence-electron chi connectivity index (χ2n) is 10.4. The van der Waals surface area contributed by atoms with Gasteiger partial charge in [0.05, 0.1) is 5.60 Å². The smallest absolute Gasteiger partial charge is 0.0738 e. The average Bonchev–Trinajstić information content (AvgIpc) is 2.61. The molecule has 0 bridgehead atoms. The normalized spacial score (nSPS) is 23.1. The first-order valence-corrected chi connectivity index (χ1v) is 11.2. The fourth-order valence-corrected chi connectivity index (χ4v) is 5.16. The Hall–Kier alpha value is -1.51. The van der Waals surface area contributed by atoms with Crippen LogP contribution in [-0.4, -0.2) is 16.2 Å². The summed E-state index contributed by atoms with van der Waals surface area (Å²) in [5.74, 6) is 0.157. The second-order valence-corrected chi connectivity index (χ2v) is 10.8. The maximum Gasteiger partial charge on any atom is 0.0738 e. The molecule has 0 radical (unpaired) electrons. The van der Waals surface area contributed by atoms with E-state index < -0.39 is 5.60 Å². The molecule has 2 nitrogen and oxygen atoms in total. The molecule has 3 rings (SSSR count). The summed E-state index contributed by atoms with van der Waals surface area (Å²) >= 11 is 6.18. The number of benzene rings is 2. The van der Waals surface area contributed by atoms with Gasteiger partial charge in [0.2, 0.25) is 0 Å². The molecule has 1 aliphatic carbocycles. The van der Waals surface area contributed by atoms with Gasteiger partial charge in [0.15, 0.2) is 0 Å². The summed E-state index contributed by atoms with van der Waals surface area (Å²) in [6.07, 6.45) is 4.82. The highest BCUT2D eigenvalue weighted by molar-refractivity contribution is 6.30. The van der Waals surface area contributed by atoms with Crippen LogP contribution in [0.3, 0.4) is 0 Å². The minimum absolute atomic E-state index is 0.145. The molecule has 3 heteroatoms. The van der Waals surface area contributed by atoms with E-state index in [-0.39, 0.29) is 16.9 Å². The van der Waals surface area contributed by atoms with Gasteiger partial charge in [-0.3, -0.25) is 0 Å². The van der Waals surface area contributed by atoms with Crippen molar-refractivity contribution >= 4 is 17.3 Å². The van der Waals surface area contributed by atoms with Crippen molar-refractivity contribution in [1.29, 1.82) is 0 Å². The molecule has 2 aromatic carbocycles. The van der Waals surface area contributed by atoms with Gasteiger partial charge < -0.3 is 10.4 Å². The van der Waals surface area contributed by atoms with Crippen molar-refractivity contribution in [3.8, 4) is 0 Å². The fourth-order valence-electron chi connectivity index (χ4n) is 4.97. The predicted molar refractivity (Wildman–Crippen MR) is 125 cm³/mol. The summed E-state index contributed by atoms with van der Waals surface area (Å²) in [5, 5.41) is 16.2. The monoisotopic (exact) mass is 413 g/mol. The lowest BCUT2D eigenvalue weighted by Crippen LogP contribution is -2.55. The molecule has 158 valence electrons. The summed E-state index contributed by atoms with van der Waals surface area (Å²) in [6, 6.07) is 16.7. The third-order valence-electron chi connectivity index (χ3n) is 6.49. The average molecular weight is 414 g/mol. The number of hydrogen-bond donors (Lipinski definition) is 2. The van der Waals surface area contributed by atoms with Crippen LogP contribution in [0.15, 0.2) is 48.5 Å².